The Hall–Kier alpha value is -1.39. The summed E-state index contributed by atoms with van der Waals surface area (Å²) in [6.07, 6.45) is 0. The SMILES string of the molecule is O=C(O)c1ncsc1N(Cc1c(Cl)cccc1Cl)S(=O)(=O)O. The molecule has 0 aliphatic heterocycles. The molecule has 0 aliphatic carbocycles. The van der Waals surface area contributed by atoms with E-state index in [-0.39, 0.29) is 20.6 Å². The molecule has 0 spiro atoms. The molecular weight excluding hydrogens is 375 g/mol. The van der Waals surface area contributed by atoms with Gasteiger partial charge in [-0.2, -0.15) is 8.42 Å². The molecule has 0 bridgehead atoms. The van der Waals surface area contributed by atoms with Crippen LogP contribution in [0.3, 0.4) is 0 Å². The molecule has 1 aromatic heterocycles. The van der Waals surface area contributed by atoms with Crippen LogP contribution in [0.4, 0.5) is 5.00 Å². The lowest BCUT2D eigenvalue weighted by atomic mass is 10.2. The first-order chi connectivity index (χ1) is 10.2. The molecule has 1 heterocycles. The largest absolute Gasteiger partial charge is 0.476 e. The number of carboxylic acids is 1. The van der Waals surface area contributed by atoms with Gasteiger partial charge in [0.25, 0.3) is 0 Å². The Kier molecular flexibility index (Phi) is 4.93. The lowest BCUT2D eigenvalue weighted by Crippen LogP contribution is -2.30. The number of halogens is 2. The van der Waals surface area contributed by atoms with Gasteiger partial charge in [0.2, 0.25) is 0 Å². The van der Waals surface area contributed by atoms with Crippen LogP contribution in [0.25, 0.3) is 0 Å². The lowest BCUT2D eigenvalue weighted by molar-refractivity contribution is 0.0692. The number of benzene rings is 1. The number of carboxylic acid groups (broad SMARTS) is 1. The molecule has 0 radical (unpaired) electrons. The zero-order chi connectivity index (χ0) is 16.5. The summed E-state index contributed by atoms with van der Waals surface area (Å²) in [5, 5.41) is 9.15. The van der Waals surface area contributed by atoms with Gasteiger partial charge in [-0.25, -0.2) is 14.1 Å². The van der Waals surface area contributed by atoms with Crippen LogP contribution < -0.4 is 4.31 Å². The van der Waals surface area contributed by atoms with Gasteiger partial charge in [0.1, 0.15) is 5.00 Å². The Balaban J connectivity index is 2.54. The van der Waals surface area contributed by atoms with Crippen LogP contribution in [0.1, 0.15) is 16.1 Å². The van der Waals surface area contributed by atoms with Crippen molar-refractivity contribution in [3.05, 3.63) is 45.0 Å². The second-order valence-corrected chi connectivity index (χ2v) is 6.98. The van der Waals surface area contributed by atoms with Crippen LogP contribution >= 0.6 is 34.5 Å². The van der Waals surface area contributed by atoms with Gasteiger partial charge < -0.3 is 5.11 Å². The highest BCUT2D eigenvalue weighted by Crippen LogP contribution is 2.32. The summed E-state index contributed by atoms with van der Waals surface area (Å²) in [5.74, 6) is -1.42. The number of anilines is 1. The van der Waals surface area contributed by atoms with E-state index in [1.54, 1.807) is 6.07 Å². The summed E-state index contributed by atoms with van der Waals surface area (Å²) >= 11 is 12.7. The molecule has 0 saturated heterocycles. The molecular formula is C11H8Cl2N2O5S2. The fraction of sp³-hybridized carbons (Fsp3) is 0.0909. The minimum absolute atomic E-state index is 0.183. The van der Waals surface area contributed by atoms with E-state index in [2.05, 4.69) is 4.98 Å². The average molecular weight is 383 g/mol. The summed E-state index contributed by atoms with van der Waals surface area (Å²) < 4.78 is 33.1. The van der Waals surface area contributed by atoms with Gasteiger partial charge >= 0.3 is 16.3 Å². The summed E-state index contributed by atoms with van der Waals surface area (Å²) in [6, 6.07) is 4.56. The molecule has 22 heavy (non-hydrogen) atoms. The summed E-state index contributed by atoms with van der Waals surface area (Å²) in [4.78, 5) is 14.7. The highest BCUT2D eigenvalue weighted by Gasteiger charge is 2.29. The average Bonchev–Trinajstić information content (AvgIpc) is 2.85. The number of carbonyl (C=O) groups is 1. The molecule has 0 saturated carbocycles. The maximum atomic E-state index is 11.6. The van der Waals surface area contributed by atoms with E-state index in [0.717, 1.165) is 16.8 Å². The van der Waals surface area contributed by atoms with E-state index < -0.39 is 28.5 Å². The van der Waals surface area contributed by atoms with Crippen LogP contribution in [-0.4, -0.2) is 29.0 Å². The minimum Gasteiger partial charge on any atom is -0.476 e. The zero-order valence-electron chi connectivity index (χ0n) is 10.6. The van der Waals surface area contributed by atoms with Crippen molar-refractivity contribution in [2.45, 2.75) is 6.54 Å². The van der Waals surface area contributed by atoms with Crippen LogP contribution in [-0.2, 0) is 16.8 Å². The standard InChI is InChI=1S/C11H8Cl2N2O5S2/c12-7-2-1-3-8(13)6(7)4-15(22(18,19)20)10-9(11(16)17)14-5-21-10/h1-3,5H,4H2,(H,16,17)(H,18,19,20). The van der Waals surface area contributed by atoms with Crippen LogP contribution in [0.2, 0.25) is 10.0 Å². The first-order valence-electron chi connectivity index (χ1n) is 5.56. The highest BCUT2D eigenvalue weighted by molar-refractivity contribution is 7.87. The molecule has 0 amide bonds. The molecule has 7 nitrogen and oxygen atoms in total. The maximum Gasteiger partial charge on any atom is 0.360 e. The summed E-state index contributed by atoms with van der Waals surface area (Å²) in [6.45, 7) is -0.431. The van der Waals surface area contributed by atoms with Gasteiger partial charge in [0.15, 0.2) is 5.69 Å². The first kappa shape index (κ1) is 17.0. The third-order valence-electron chi connectivity index (χ3n) is 2.62. The Morgan fingerprint density at radius 3 is 2.41 bits per heavy atom. The maximum absolute atomic E-state index is 11.6. The lowest BCUT2D eigenvalue weighted by Gasteiger charge is -2.20. The van der Waals surface area contributed by atoms with Crippen molar-refractivity contribution in [2.24, 2.45) is 0 Å². The van der Waals surface area contributed by atoms with Crippen LogP contribution in [0.15, 0.2) is 23.7 Å². The number of hydrogen-bond acceptors (Lipinski definition) is 5. The fourth-order valence-electron chi connectivity index (χ4n) is 1.65. The van der Waals surface area contributed by atoms with E-state index in [4.69, 9.17) is 28.3 Å². The Morgan fingerprint density at radius 1 is 1.32 bits per heavy atom. The quantitative estimate of drug-likeness (QED) is 0.769. The molecule has 118 valence electrons. The van der Waals surface area contributed by atoms with Gasteiger partial charge in [0, 0.05) is 15.6 Å². The van der Waals surface area contributed by atoms with E-state index >= 15 is 0 Å². The Bertz CT molecular complexity index is 801. The van der Waals surface area contributed by atoms with Crippen molar-refractivity contribution in [1.29, 1.82) is 0 Å². The molecule has 1 aromatic carbocycles. The predicted octanol–water partition coefficient (Wildman–Crippen LogP) is 2.96. The number of aromatic nitrogens is 1. The molecule has 0 unspecified atom stereocenters. The molecule has 2 rings (SSSR count). The van der Waals surface area contributed by atoms with Crippen molar-refractivity contribution in [3.8, 4) is 0 Å². The van der Waals surface area contributed by atoms with E-state index in [1.165, 1.54) is 12.1 Å². The van der Waals surface area contributed by atoms with E-state index in [9.17, 15) is 17.8 Å². The third kappa shape index (κ3) is 3.50. The Morgan fingerprint density at radius 2 is 1.91 bits per heavy atom. The smallest absolute Gasteiger partial charge is 0.360 e. The van der Waals surface area contributed by atoms with E-state index in [1.807, 2.05) is 0 Å². The van der Waals surface area contributed by atoms with Gasteiger partial charge in [-0.3, -0.25) is 4.55 Å². The predicted molar refractivity (Wildman–Crippen MR) is 83.3 cm³/mol. The molecule has 2 aromatic rings. The topological polar surface area (TPSA) is 108 Å². The third-order valence-corrected chi connectivity index (χ3v) is 5.16. The number of aromatic carboxylic acids is 1. The van der Waals surface area contributed by atoms with Gasteiger partial charge in [-0.1, -0.05) is 29.3 Å². The number of hydrogen-bond donors (Lipinski definition) is 2. The number of nitrogens with zero attached hydrogens (tertiary/aromatic N) is 2. The fourth-order valence-corrected chi connectivity index (χ4v) is 3.86. The van der Waals surface area contributed by atoms with Crippen molar-refractivity contribution in [1.82, 2.24) is 4.98 Å². The normalized spacial score (nSPS) is 11.4. The van der Waals surface area contributed by atoms with Gasteiger partial charge in [-0.05, 0) is 12.1 Å². The van der Waals surface area contributed by atoms with Crippen molar-refractivity contribution in [3.63, 3.8) is 0 Å². The Labute approximate surface area is 139 Å². The highest BCUT2D eigenvalue weighted by atomic mass is 35.5. The van der Waals surface area contributed by atoms with Crippen molar-refractivity contribution in [2.75, 3.05) is 4.31 Å². The van der Waals surface area contributed by atoms with E-state index in [0.29, 0.717) is 4.31 Å². The van der Waals surface area contributed by atoms with Crippen LogP contribution in [0, 0.1) is 0 Å². The summed E-state index contributed by atoms with van der Waals surface area (Å²) in [5.41, 5.74) is 0.893. The monoisotopic (exact) mass is 382 g/mol. The first-order valence-corrected chi connectivity index (χ1v) is 8.60. The molecule has 0 fully saturated rings. The van der Waals surface area contributed by atoms with Crippen molar-refractivity contribution >= 4 is 55.8 Å². The molecule has 2 N–H and O–H groups in total. The second kappa shape index (κ2) is 6.39. The summed E-state index contributed by atoms with van der Waals surface area (Å²) in [7, 11) is -4.75. The number of rotatable bonds is 5. The van der Waals surface area contributed by atoms with Gasteiger partial charge in [0.05, 0.1) is 12.1 Å². The van der Waals surface area contributed by atoms with Crippen molar-refractivity contribution < 1.29 is 22.9 Å². The molecule has 11 heteroatoms. The zero-order valence-corrected chi connectivity index (χ0v) is 13.7. The molecule has 0 atom stereocenters. The number of thiazole rings is 1. The van der Waals surface area contributed by atoms with Crippen LogP contribution in [0.5, 0.6) is 0 Å². The van der Waals surface area contributed by atoms with Gasteiger partial charge in [-0.15, -0.1) is 11.3 Å². The minimum atomic E-state index is -4.75. The molecule has 0 aliphatic rings. The second-order valence-electron chi connectivity index (χ2n) is 4.00.